The van der Waals surface area contributed by atoms with Gasteiger partial charge in [0.2, 0.25) is 0 Å². The zero-order valence-electron chi connectivity index (χ0n) is 14.6. The molecule has 0 aliphatic heterocycles. The van der Waals surface area contributed by atoms with E-state index in [1.807, 2.05) is 0 Å². The van der Waals surface area contributed by atoms with E-state index < -0.39 is 17.9 Å². The second-order valence-corrected chi connectivity index (χ2v) is 5.39. The van der Waals surface area contributed by atoms with Crippen LogP contribution < -0.4 is 16.4 Å². The summed E-state index contributed by atoms with van der Waals surface area (Å²) in [6.07, 6.45) is 1.38. The highest BCUT2D eigenvalue weighted by molar-refractivity contribution is 6.02. The summed E-state index contributed by atoms with van der Waals surface area (Å²) >= 11 is 0. The van der Waals surface area contributed by atoms with Crippen molar-refractivity contribution in [2.75, 3.05) is 11.9 Å². The molecule has 0 radical (unpaired) electrons. The average Bonchev–Trinajstić information content (AvgIpc) is 2.63. The molecule has 0 unspecified atom stereocenters. The van der Waals surface area contributed by atoms with Gasteiger partial charge in [0, 0.05) is 5.69 Å². The van der Waals surface area contributed by atoms with Crippen LogP contribution in [0, 0.1) is 0 Å². The van der Waals surface area contributed by atoms with E-state index in [0.717, 1.165) is 0 Å². The molecule has 2 rings (SSSR count). The fraction of sp³-hybridized carbons (Fsp3) is 0.105. The molecule has 0 spiro atoms. The second kappa shape index (κ2) is 9.04. The van der Waals surface area contributed by atoms with Crippen molar-refractivity contribution in [3.63, 3.8) is 0 Å². The Morgan fingerprint density at radius 3 is 2.26 bits per heavy atom. The third kappa shape index (κ3) is 5.89. The van der Waals surface area contributed by atoms with E-state index in [9.17, 15) is 19.5 Å². The first kappa shape index (κ1) is 19.5. The molecular formula is C19H19N3O5. The number of ether oxygens (including phenoxy) is 1. The Kier molecular flexibility index (Phi) is 6.54. The van der Waals surface area contributed by atoms with Gasteiger partial charge < -0.3 is 26.2 Å². The number of urea groups is 1. The lowest BCUT2D eigenvalue weighted by molar-refractivity contribution is -0.114. The fourth-order valence-electron chi connectivity index (χ4n) is 2.09. The summed E-state index contributed by atoms with van der Waals surface area (Å²) in [5.41, 5.74) is 6.50. The Morgan fingerprint density at radius 1 is 1.07 bits per heavy atom. The molecule has 8 heteroatoms. The molecule has 27 heavy (non-hydrogen) atoms. The van der Waals surface area contributed by atoms with E-state index in [1.165, 1.54) is 42.5 Å². The molecule has 2 aromatic carbocycles. The zero-order valence-corrected chi connectivity index (χ0v) is 14.6. The van der Waals surface area contributed by atoms with E-state index in [1.54, 1.807) is 19.1 Å². The molecule has 0 heterocycles. The van der Waals surface area contributed by atoms with Crippen molar-refractivity contribution in [3.8, 4) is 5.75 Å². The fourth-order valence-corrected chi connectivity index (χ4v) is 2.09. The summed E-state index contributed by atoms with van der Waals surface area (Å²) in [7, 11) is 0. The predicted octanol–water partition coefficient (Wildman–Crippen LogP) is 2.22. The number of rotatable bonds is 6. The molecule has 2 aromatic rings. The van der Waals surface area contributed by atoms with Gasteiger partial charge >= 0.3 is 12.0 Å². The van der Waals surface area contributed by atoms with E-state index in [0.29, 0.717) is 16.8 Å². The van der Waals surface area contributed by atoms with Crippen LogP contribution in [-0.4, -0.2) is 29.6 Å². The summed E-state index contributed by atoms with van der Waals surface area (Å²) in [5.74, 6) is -1.21. The number of carbonyl (C=O) groups is 3. The normalized spacial score (nSPS) is 10.8. The van der Waals surface area contributed by atoms with Gasteiger partial charge in [-0.15, -0.1) is 0 Å². The van der Waals surface area contributed by atoms with Gasteiger partial charge in [-0.25, -0.2) is 9.59 Å². The highest BCUT2D eigenvalue weighted by atomic mass is 16.5. The predicted molar refractivity (Wildman–Crippen MR) is 99.8 cm³/mol. The number of phenols is 1. The van der Waals surface area contributed by atoms with Crippen LogP contribution in [0.2, 0.25) is 0 Å². The molecule has 140 valence electrons. The quantitative estimate of drug-likeness (QED) is 0.458. The molecular weight excluding hydrogens is 350 g/mol. The molecule has 0 bridgehead atoms. The first-order chi connectivity index (χ1) is 12.9. The second-order valence-electron chi connectivity index (χ2n) is 5.39. The minimum absolute atomic E-state index is 0.0738. The van der Waals surface area contributed by atoms with Crippen molar-refractivity contribution < 1.29 is 24.2 Å². The van der Waals surface area contributed by atoms with Gasteiger partial charge in [-0.1, -0.05) is 12.1 Å². The molecule has 0 atom stereocenters. The smallest absolute Gasteiger partial charge is 0.338 e. The molecule has 0 aliphatic carbocycles. The minimum Gasteiger partial charge on any atom is -0.508 e. The van der Waals surface area contributed by atoms with Crippen molar-refractivity contribution in [3.05, 3.63) is 65.4 Å². The number of hydrogen-bond acceptors (Lipinski definition) is 5. The number of phenolic OH excluding ortho intramolecular Hbond substituents is 1. The molecule has 0 aliphatic rings. The van der Waals surface area contributed by atoms with Crippen molar-refractivity contribution in [2.45, 2.75) is 6.92 Å². The SMILES string of the molecule is CCOC(=O)c1ccc(NC(=O)N/C(=C/c2ccc(O)cc2)C(N)=O)cc1. The van der Waals surface area contributed by atoms with Crippen LogP contribution in [0.5, 0.6) is 5.75 Å². The van der Waals surface area contributed by atoms with Gasteiger partial charge in [-0.2, -0.15) is 0 Å². The molecule has 0 saturated carbocycles. The molecule has 8 nitrogen and oxygen atoms in total. The lowest BCUT2D eigenvalue weighted by Crippen LogP contribution is -2.34. The van der Waals surface area contributed by atoms with Crippen LogP contribution >= 0.6 is 0 Å². The number of primary amides is 1. The van der Waals surface area contributed by atoms with E-state index in [-0.39, 0.29) is 18.1 Å². The number of nitrogens with one attached hydrogen (secondary N) is 2. The number of esters is 1. The largest absolute Gasteiger partial charge is 0.508 e. The lowest BCUT2D eigenvalue weighted by Gasteiger charge is -2.09. The molecule has 0 aromatic heterocycles. The summed E-state index contributed by atoms with van der Waals surface area (Å²) in [6.45, 7) is 1.98. The van der Waals surface area contributed by atoms with Gasteiger partial charge in [0.1, 0.15) is 11.4 Å². The number of carbonyl (C=O) groups excluding carboxylic acids is 3. The van der Waals surface area contributed by atoms with Crippen LogP contribution in [0.1, 0.15) is 22.8 Å². The maximum absolute atomic E-state index is 12.1. The number of aromatic hydroxyl groups is 1. The van der Waals surface area contributed by atoms with Crippen molar-refractivity contribution in [2.24, 2.45) is 5.73 Å². The summed E-state index contributed by atoms with van der Waals surface area (Å²) in [4.78, 5) is 35.2. The monoisotopic (exact) mass is 369 g/mol. The van der Waals surface area contributed by atoms with Crippen LogP contribution in [0.25, 0.3) is 6.08 Å². The zero-order chi connectivity index (χ0) is 19.8. The first-order valence-electron chi connectivity index (χ1n) is 8.04. The van der Waals surface area contributed by atoms with Gasteiger partial charge in [-0.3, -0.25) is 4.79 Å². The molecule has 3 amide bonds. The molecule has 0 fully saturated rings. The molecule has 5 N–H and O–H groups in total. The average molecular weight is 369 g/mol. The Balaban J connectivity index is 2.04. The third-order valence-corrected chi connectivity index (χ3v) is 3.37. The van der Waals surface area contributed by atoms with E-state index in [4.69, 9.17) is 10.5 Å². The number of benzene rings is 2. The van der Waals surface area contributed by atoms with Crippen LogP contribution in [0.4, 0.5) is 10.5 Å². The van der Waals surface area contributed by atoms with Crippen LogP contribution in [-0.2, 0) is 9.53 Å². The molecule has 0 saturated heterocycles. The number of amides is 3. The van der Waals surface area contributed by atoms with E-state index in [2.05, 4.69) is 10.6 Å². The number of nitrogens with two attached hydrogens (primary N) is 1. The van der Waals surface area contributed by atoms with Crippen LogP contribution in [0.3, 0.4) is 0 Å². The van der Waals surface area contributed by atoms with E-state index >= 15 is 0 Å². The maximum atomic E-state index is 12.1. The summed E-state index contributed by atoms with van der Waals surface area (Å²) in [5, 5.41) is 14.2. The van der Waals surface area contributed by atoms with Crippen molar-refractivity contribution >= 4 is 29.7 Å². The highest BCUT2D eigenvalue weighted by Gasteiger charge is 2.11. The van der Waals surface area contributed by atoms with Gasteiger partial charge in [0.25, 0.3) is 5.91 Å². The third-order valence-electron chi connectivity index (χ3n) is 3.37. The Bertz CT molecular complexity index is 858. The topological polar surface area (TPSA) is 131 Å². The summed E-state index contributed by atoms with van der Waals surface area (Å²) in [6, 6.07) is 11.4. The van der Waals surface area contributed by atoms with Crippen molar-refractivity contribution in [1.29, 1.82) is 0 Å². The van der Waals surface area contributed by atoms with Gasteiger partial charge in [0.15, 0.2) is 0 Å². The van der Waals surface area contributed by atoms with Crippen LogP contribution in [0.15, 0.2) is 54.2 Å². The minimum atomic E-state index is -0.823. The Labute approximate surface area is 155 Å². The highest BCUT2D eigenvalue weighted by Crippen LogP contribution is 2.13. The Morgan fingerprint density at radius 2 is 1.70 bits per heavy atom. The lowest BCUT2D eigenvalue weighted by atomic mass is 10.2. The number of hydrogen-bond donors (Lipinski definition) is 4. The maximum Gasteiger partial charge on any atom is 0.338 e. The number of anilines is 1. The summed E-state index contributed by atoms with van der Waals surface area (Å²) < 4.78 is 4.88. The standard InChI is InChI=1S/C19H19N3O5/c1-2-27-18(25)13-5-7-14(8-6-13)21-19(26)22-16(17(20)24)11-12-3-9-15(23)10-4-12/h3-11,23H,2H2,1H3,(H2,20,24)(H2,21,22,26)/b16-11+. The Hall–Kier alpha value is -3.81. The van der Waals surface area contributed by atoms with Gasteiger partial charge in [0.05, 0.1) is 12.2 Å². The first-order valence-corrected chi connectivity index (χ1v) is 8.04. The van der Waals surface area contributed by atoms with Gasteiger partial charge in [-0.05, 0) is 55.0 Å². The van der Waals surface area contributed by atoms with Crippen molar-refractivity contribution in [1.82, 2.24) is 5.32 Å².